The van der Waals surface area contributed by atoms with Crippen LogP contribution in [0.15, 0.2) is 34.8 Å². The fourth-order valence-electron chi connectivity index (χ4n) is 1.85. The van der Waals surface area contributed by atoms with E-state index in [4.69, 9.17) is 32.8 Å². The molecule has 0 fully saturated rings. The molecule has 1 aromatic heterocycles. The van der Waals surface area contributed by atoms with Gasteiger partial charge in [0.1, 0.15) is 23.1 Å². The quantitative estimate of drug-likeness (QED) is 0.410. The predicted octanol–water partition coefficient (Wildman–Crippen LogP) is 4.39. The molecule has 0 atom stereocenters. The molecule has 0 aliphatic heterocycles. The van der Waals surface area contributed by atoms with Crippen molar-refractivity contribution in [2.24, 2.45) is 5.16 Å². The molecule has 7 heteroatoms. The molecular weight excluding hydrogens is 355 g/mol. The zero-order valence-corrected chi connectivity index (χ0v) is 15.5. The Morgan fingerprint density at radius 3 is 2.61 bits per heavy atom. The zero-order chi connectivity index (χ0) is 16.8. The van der Waals surface area contributed by atoms with Gasteiger partial charge in [-0.1, -0.05) is 34.4 Å². The van der Waals surface area contributed by atoms with E-state index in [0.29, 0.717) is 33.7 Å². The minimum absolute atomic E-state index is 0.365. The van der Waals surface area contributed by atoms with Crippen molar-refractivity contribution in [2.75, 3.05) is 34.4 Å². The Morgan fingerprint density at radius 1 is 1.22 bits per heavy atom. The number of hydrogen-bond acceptors (Lipinski definition) is 5. The topological polar surface area (TPSA) is 34.1 Å². The average molecular weight is 373 g/mol. The summed E-state index contributed by atoms with van der Waals surface area (Å²) in [5.74, 6) is 0.527. The van der Waals surface area contributed by atoms with Gasteiger partial charge in [-0.2, -0.15) is 0 Å². The first-order valence-electron chi connectivity index (χ1n) is 6.95. The van der Waals surface area contributed by atoms with E-state index >= 15 is 0 Å². The van der Waals surface area contributed by atoms with Gasteiger partial charge < -0.3 is 14.5 Å². The van der Waals surface area contributed by atoms with E-state index in [-0.39, 0.29) is 0 Å². The van der Waals surface area contributed by atoms with E-state index < -0.39 is 0 Å². The first-order chi connectivity index (χ1) is 11.0. The van der Waals surface area contributed by atoms with Crippen LogP contribution >= 0.6 is 34.5 Å². The lowest BCUT2D eigenvalue weighted by Gasteiger charge is -2.12. The van der Waals surface area contributed by atoms with Crippen molar-refractivity contribution in [1.29, 1.82) is 0 Å². The Bertz CT molecular complexity index is 673. The van der Waals surface area contributed by atoms with Gasteiger partial charge in [-0.25, -0.2) is 0 Å². The van der Waals surface area contributed by atoms with Crippen LogP contribution in [0.1, 0.15) is 10.4 Å². The normalized spacial score (nSPS) is 11.8. The maximum atomic E-state index is 6.40. The molecule has 4 nitrogen and oxygen atoms in total. The Morgan fingerprint density at radius 2 is 2.00 bits per heavy atom. The molecule has 2 rings (SSSR count). The van der Waals surface area contributed by atoms with Crippen molar-refractivity contribution >= 4 is 40.3 Å². The largest absolute Gasteiger partial charge is 0.495 e. The molecule has 1 aromatic carbocycles. The number of nitrogens with zero attached hydrogens (tertiary/aromatic N) is 2. The van der Waals surface area contributed by atoms with Gasteiger partial charge >= 0.3 is 0 Å². The number of rotatable bonds is 7. The summed E-state index contributed by atoms with van der Waals surface area (Å²) in [6, 6.07) is 7.52. The lowest BCUT2D eigenvalue weighted by Crippen LogP contribution is -2.17. The maximum absolute atomic E-state index is 6.40. The number of halogens is 2. The Kier molecular flexibility index (Phi) is 6.72. The second kappa shape index (κ2) is 8.55. The molecule has 0 amide bonds. The number of benzene rings is 1. The SMILES string of the molecule is COc1ccc(C(=NOCCN(C)C)c2cccs2)c(Cl)c1Cl. The van der Waals surface area contributed by atoms with Crippen molar-refractivity contribution in [3.05, 3.63) is 50.1 Å². The minimum Gasteiger partial charge on any atom is -0.495 e. The molecule has 0 spiro atoms. The van der Waals surface area contributed by atoms with E-state index in [1.807, 2.05) is 42.6 Å². The third-order valence-electron chi connectivity index (χ3n) is 3.06. The van der Waals surface area contributed by atoms with Crippen molar-refractivity contribution in [3.8, 4) is 5.75 Å². The smallest absolute Gasteiger partial charge is 0.139 e. The molecule has 0 N–H and O–H groups in total. The van der Waals surface area contributed by atoms with Gasteiger partial charge in [0, 0.05) is 12.1 Å². The van der Waals surface area contributed by atoms with Gasteiger partial charge in [0.15, 0.2) is 0 Å². The molecule has 23 heavy (non-hydrogen) atoms. The van der Waals surface area contributed by atoms with Gasteiger partial charge in [0.2, 0.25) is 0 Å². The maximum Gasteiger partial charge on any atom is 0.139 e. The van der Waals surface area contributed by atoms with Gasteiger partial charge in [-0.15, -0.1) is 11.3 Å². The summed E-state index contributed by atoms with van der Waals surface area (Å²) in [6.45, 7) is 1.27. The molecule has 0 unspecified atom stereocenters. The Labute approximate surface area is 150 Å². The van der Waals surface area contributed by atoms with Crippen LogP contribution in [0.5, 0.6) is 5.75 Å². The first-order valence-corrected chi connectivity index (χ1v) is 8.59. The van der Waals surface area contributed by atoms with E-state index in [1.165, 1.54) is 0 Å². The van der Waals surface area contributed by atoms with Crippen LogP contribution in [0.2, 0.25) is 10.0 Å². The van der Waals surface area contributed by atoms with Crippen molar-refractivity contribution < 1.29 is 9.57 Å². The van der Waals surface area contributed by atoms with Gasteiger partial charge in [-0.3, -0.25) is 0 Å². The Balaban J connectivity index is 2.35. The number of thiophene rings is 1. The predicted molar refractivity (Wildman–Crippen MR) is 97.5 cm³/mol. The summed E-state index contributed by atoms with van der Waals surface area (Å²) in [4.78, 5) is 8.44. The minimum atomic E-state index is 0.365. The molecule has 1 heterocycles. The van der Waals surface area contributed by atoms with Crippen molar-refractivity contribution in [3.63, 3.8) is 0 Å². The molecular formula is C16H18Cl2N2O2S. The van der Waals surface area contributed by atoms with E-state index in [9.17, 15) is 0 Å². The molecule has 2 aromatic rings. The fraction of sp³-hybridized carbons (Fsp3) is 0.312. The summed E-state index contributed by atoms with van der Waals surface area (Å²) in [5, 5.41) is 7.02. The number of hydrogen-bond donors (Lipinski definition) is 0. The van der Waals surface area contributed by atoms with Gasteiger partial charge in [0.25, 0.3) is 0 Å². The van der Waals surface area contributed by atoms with Crippen LogP contribution in [0.4, 0.5) is 0 Å². The van der Waals surface area contributed by atoms with Gasteiger partial charge in [0.05, 0.1) is 17.0 Å². The number of likely N-dealkylation sites (N-methyl/N-ethyl adjacent to an activating group) is 1. The summed E-state index contributed by atoms with van der Waals surface area (Å²) < 4.78 is 5.19. The van der Waals surface area contributed by atoms with Crippen LogP contribution in [-0.2, 0) is 4.84 Å². The third-order valence-corrected chi connectivity index (χ3v) is 4.80. The first kappa shape index (κ1) is 18.1. The lowest BCUT2D eigenvalue weighted by molar-refractivity contribution is 0.126. The summed E-state index contributed by atoms with van der Waals surface area (Å²) >= 11 is 14.2. The molecule has 0 saturated carbocycles. The highest BCUT2D eigenvalue weighted by atomic mass is 35.5. The Hall–Kier alpha value is -1.27. The standard InChI is InChI=1S/C16H18Cl2N2O2S/c1-20(2)8-9-22-19-16(13-5-4-10-23-13)11-6-7-12(21-3)15(18)14(11)17/h4-7,10H,8-9H2,1-3H3. The number of methoxy groups -OCH3 is 1. The van der Waals surface area contributed by atoms with Crippen molar-refractivity contribution in [1.82, 2.24) is 4.90 Å². The molecule has 0 bridgehead atoms. The summed E-state index contributed by atoms with van der Waals surface area (Å²) in [5.41, 5.74) is 1.37. The fourth-order valence-corrected chi connectivity index (χ4v) is 3.05. The van der Waals surface area contributed by atoms with Crippen LogP contribution in [-0.4, -0.2) is 45.0 Å². The highest BCUT2D eigenvalue weighted by molar-refractivity contribution is 7.12. The summed E-state index contributed by atoms with van der Waals surface area (Å²) in [6.07, 6.45) is 0. The zero-order valence-electron chi connectivity index (χ0n) is 13.2. The molecule has 0 radical (unpaired) electrons. The van der Waals surface area contributed by atoms with Crippen LogP contribution in [0, 0.1) is 0 Å². The third kappa shape index (κ3) is 4.61. The number of ether oxygens (including phenoxy) is 1. The highest BCUT2D eigenvalue weighted by Gasteiger charge is 2.17. The molecule has 0 aliphatic rings. The van der Waals surface area contributed by atoms with Crippen LogP contribution in [0.25, 0.3) is 0 Å². The van der Waals surface area contributed by atoms with E-state index in [2.05, 4.69) is 5.16 Å². The van der Waals surface area contributed by atoms with Gasteiger partial charge in [-0.05, 0) is 37.7 Å². The van der Waals surface area contributed by atoms with E-state index in [0.717, 1.165) is 11.4 Å². The van der Waals surface area contributed by atoms with Crippen LogP contribution < -0.4 is 4.74 Å². The van der Waals surface area contributed by atoms with Crippen LogP contribution in [0.3, 0.4) is 0 Å². The lowest BCUT2D eigenvalue weighted by atomic mass is 10.1. The monoisotopic (exact) mass is 372 g/mol. The average Bonchev–Trinajstić information content (AvgIpc) is 3.05. The molecule has 0 saturated heterocycles. The second-order valence-electron chi connectivity index (χ2n) is 5.00. The molecule has 124 valence electrons. The number of oxime groups is 1. The summed E-state index contributed by atoms with van der Waals surface area (Å²) in [7, 11) is 5.51. The highest BCUT2D eigenvalue weighted by Crippen LogP contribution is 2.36. The second-order valence-corrected chi connectivity index (χ2v) is 6.70. The van der Waals surface area contributed by atoms with Crippen molar-refractivity contribution in [2.45, 2.75) is 0 Å². The molecule has 0 aliphatic carbocycles. The van der Waals surface area contributed by atoms with E-state index in [1.54, 1.807) is 24.5 Å².